The first kappa shape index (κ1) is 31.9. The molecule has 14 heteroatoms. The summed E-state index contributed by atoms with van der Waals surface area (Å²) in [6.45, 7) is 4.02. The molecule has 3 rings (SSSR count). The number of nitrogens with one attached hydrogen (secondary N) is 3. The van der Waals surface area contributed by atoms with Crippen molar-refractivity contribution in [3.05, 3.63) is 0 Å². The number of thiocarbonyl (C=S) groups is 1. The largest absolute Gasteiger partial charge is 0.364 e. The normalized spacial score (nSPS) is 15.1. The lowest BCUT2D eigenvalue weighted by Gasteiger charge is -2.30. The summed E-state index contributed by atoms with van der Waals surface area (Å²) < 4.78 is 0. The number of hydrogen-bond donors (Lipinski definition) is 7. The fourth-order valence-corrected chi connectivity index (χ4v) is 3.11. The van der Waals surface area contributed by atoms with Crippen molar-refractivity contribution < 1.29 is 5.71 Å². The van der Waals surface area contributed by atoms with Crippen LogP contribution in [0.15, 0.2) is 0 Å². The van der Waals surface area contributed by atoms with E-state index in [9.17, 15) is 0 Å². The zero-order valence-electron chi connectivity index (χ0n) is 17.5. The van der Waals surface area contributed by atoms with Crippen LogP contribution in [0.1, 0.15) is 44.2 Å². The molecule has 0 radical (unpaired) electrons. The maximum absolute atomic E-state index is 5.09. The van der Waals surface area contributed by atoms with Gasteiger partial charge in [-0.25, -0.2) is 0 Å². The molecule has 0 aliphatic carbocycles. The molecule has 0 unspecified atom stereocenters. The van der Waals surface area contributed by atoms with Crippen molar-refractivity contribution in [3.8, 4) is 0 Å². The quantitative estimate of drug-likeness (QED) is 0.252. The Balaban J connectivity index is -0.000000150. The molecule has 2 fully saturated rings. The Morgan fingerprint density at radius 1 is 0.793 bits per heavy atom. The average Bonchev–Trinajstić information content (AvgIpc) is 2.67. The number of rotatable bonds is 4. The molecule has 180 valence electrons. The van der Waals surface area contributed by atoms with Gasteiger partial charge in [0.15, 0.2) is 5.11 Å². The molecule has 0 amide bonds. The Morgan fingerprint density at radius 3 is 1.59 bits per heavy atom. The molecule has 3 heterocycles. The fourth-order valence-electron chi connectivity index (χ4n) is 3.06. The number of hydrazine groups is 1. The maximum atomic E-state index is 5.09. The summed E-state index contributed by atoms with van der Waals surface area (Å²) in [7, 11) is 1.77. The predicted octanol–water partition coefficient (Wildman–Crippen LogP) is 3.33. The molecule has 15 N–H and O–H groups in total. The Labute approximate surface area is 191 Å². The van der Waals surface area contributed by atoms with Crippen LogP contribution in [0.2, 0.25) is 0 Å². The summed E-state index contributed by atoms with van der Waals surface area (Å²) in [5.74, 6) is 2.01. The minimum Gasteiger partial charge on any atom is -0.364 e. The highest BCUT2D eigenvalue weighted by atomic mass is 35.5. The summed E-state index contributed by atoms with van der Waals surface area (Å²) in [6, 6.07) is 0. The lowest BCUT2D eigenvalue weighted by Crippen LogP contribution is -2.38. The summed E-state index contributed by atoms with van der Waals surface area (Å²) in [5, 5.41) is 3.35. The van der Waals surface area contributed by atoms with Gasteiger partial charge in [0.2, 0.25) is 17.8 Å². The van der Waals surface area contributed by atoms with Gasteiger partial charge in [-0.05, 0) is 50.7 Å². The third kappa shape index (κ3) is 9.06. The van der Waals surface area contributed by atoms with Crippen LogP contribution in [0, 0.1) is 0 Å². The van der Waals surface area contributed by atoms with Crippen LogP contribution in [0.25, 0.3) is 0 Å². The number of aromatic nitrogens is 3. The zero-order valence-corrected chi connectivity index (χ0v) is 19.1. The van der Waals surface area contributed by atoms with Gasteiger partial charge >= 0.3 is 0 Å². The molecule has 2 aliphatic rings. The van der Waals surface area contributed by atoms with E-state index in [1.165, 1.54) is 38.5 Å². The van der Waals surface area contributed by atoms with Crippen molar-refractivity contribution in [3.63, 3.8) is 0 Å². The van der Waals surface area contributed by atoms with Crippen molar-refractivity contribution in [2.45, 2.75) is 38.5 Å². The van der Waals surface area contributed by atoms with Crippen LogP contribution in [-0.2, 0) is 0 Å². The van der Waals surface area contributed by atoms with Crippen LogP contribution >= 0.6 is 24.6 Å². The predicted molar refractivity (Wildman–Crippen MR) is 136 cm³/mol. The van der Waals surface area contributed by atoms with E-state index in [2.05, 4.69) is 35.9 Å². The van der Waals surface area contributed by atoms with Crippen LogP contribution in [-0.4, -0.2) is 53.3 Å². The molecule has 0 atom stereocenters. The summed E-state index contributed by atoms with van der Waals surface area (Å²) in [4.78, 5) is 18.4. The van der Waals surface area contributed by atoms with E-state index < -0.39 is 0 Å². The molecule has 0 saturated carbocycles. The number of nitrogens with zero attached hydrogens (tertiary/aromatic N) is 5. The van der Waals surface area contributed by atoms with Gasteiger partial charge in [0.05, 0.1) is 0 Å². The van der Waals surface area contributed by atoms with Crippen LogP contribution in [0.5, 0.6) is 0 Å². The third-order valence-corrected chi connectivity index (χ3v) is 4.71. The maximum Gasteiger partial charge on any atom is 0.248 e. The van der Waals surface area contributed by atoms with Crippen LogP contribution < -0.4 is 50.6 Å². The lowest BCUT2D eigenvalue weighted by atomic mass is 10.1. The number of hydrogen-bond acceptors (Lipinski definition) is 11. The third-order valence-electron chi connectivity index (χ3n) is 4.40. The first-order valence-electron chi connectivity index (χ1n) is 8.76. The molecule has 1 aromatic heterocycles. The van der Waals surface area contributed by atoms with E-state index in [1.54, 1.807) is 7.05 Å². The van der Waals surface area contributed by atoms with E-state index in [-0.39, 0.29) is 42.7 Å². The van der Waals surface area contributed by atoms with E-state index in [1.807, 2.05) is 0 Å². The molecular formula is C15H47ClN12S. The second-order valence-corrected chi connectivity index (χ2v) is 6.59. The molecule has 12 nitrogen and oxygen atoms in total. The highest BCUT2D eigenvalue weighted by Crippen LogP contribution is 2.22. The standard InChI is InChI=1S/C15H26N8S.ClH.4H3N.4H2/c1-16-15(24)21-20-12-17-13(22-8-4-2-5-9-22)19-14(18-12)23-10-6-3-7-11-23;;;;;;;;;/h2-11H2,1H3,(H2,16,21,24)(H,17,18,19,20);1H;4*1H3;4*1H. The van der Waals surface area contributed by atoms with Crippen molar-refractivity contribution in [2.24, 2.45) is 0 Å². The van der Waals surface area contributed by atoms with Gasteiger partial charge in [-0.3, -0.25) is 10.9 Å². The molecule has 29 heavy (non-hydrogen) atoms. The zero-order chi connectivity index (χ0) is 16.8. The Bertz CT molecular complexity index is 548. The molecule has 0 aromatic carbocycles. The summed E-state index contributed by atoms with van der Waals surface area (Å²) in [6.07, 6.45) is 7.32. The van der Waals surface area contributed by atoms with Gasteiger partial charge in [0.1, 0.15) is 0 Å². The van der Waals surface area contributed by atoms with Gasteiger partial charge in [-0.2, -0.15) is 15.0 Å². The van der Waals surface area contributed by atoms with Crippen molar-refractivity contribution in [1.82, 2.24) is 50.3 Å². The molecule has 2 aliphatic heterocycles. The Kier molecular flexibility index (Phi) is 17.7. The fraction of sp³-hybridized carbons (Fsp3) is 0.733. The van der Waals surface area contributed by atoms with Gasteiger partial charge in [0.25, 0.3) is 0 Å². The van der Waals surface area contributed by atoms with Crippen molar-refractivity contribution in [2.75, 3.05) is 48.5 Å². The first-order valence-corrected chi connectivity index (χ1v) is 9.17. The number of anilines is 3. The van der Waals surface area contributed by atoms with Crippen molar-refractivity contribution >= 4 is 47.6 Å². The Morgan fingerprint density at radius 2 is 1.21 bits per heavy atom. The van der Waals surface area contributed by atoms with Gasteiger partial charge < -0.3 is 39.7 Å². The second-order valence-electron chi connectivity index (χ2n) is 6.18. The van der Waals surface area contributed by atoms with E-state index >= 15 is 0 Å². The van der Waals surface area contributed by atoms with Crippen molar-refractivity contribution in [1.29, 1.82) is 0 Å². The molecule has 0 bridgehead atoms. The van der Waals surface area contributed by atoms with E-state index in [4.69, 9.17) is 17.2 Å². The SMILES string of the molecule is CNC(=S)NNc1nc(N2CCCCC2)nc(N2CCCCC2)n1.Cl.N.N.N.N.[HH].[HH].[HH].[HH]. The topological polar surface area (TPSA) is 221 Å². The van der Waals surface area contributed by atoms with E-state index in [0.29, 0.717) is 11.1 Å². The van der Waals surface area contributed by atoms with Gasteiger partial charge in [0, 0.05) is 38.9 Å². The Hall–Kier alpha value is -1.77. The minimum absolute atomic E-state index is 0. The highest BCUT2D eigenvalue weighted by molar-refractivity contribution is 7.80. The van der Waals surface area contributed by atoms with E-state index in [0.717, 1.165) is 38.1 Å². The van der Waals surface area contributed by atoms with Crippen LogP contribution in [0.3, 0.4) is 0 Å². The molecule has 2 saturated heterocycles. The average molecular weight is 463 g/mol. The highest BCUT2D eigenvalue weighted by Gasteiger charge is 2.20. The summed E-state index contributed by atoms with van der Waals surface area (Å²) >= 11 is 5.09. The molecule has 0 spiro atoms. The summed E-state index contributed by atoms with van der Waals surface area (Å²) in [5.41, 5.74) is 5.87. The number of piperidine rings is 2. The van der Waals surface area contributed by atoms with Crippen LogP contribution in [0.4, 0.5) is 17.8 Å². The lowest BCUT2D eigenvalue weighted by molar-refractivity contribution is 0.556. The first-order chi connectivity index (χ1) is 11.8. The molecule has 1 aromatic rings. The molecular weight excluding hydrogens is 416 g/mol. The van der Waals surface area contributed by atoms with Gasteiger partial charge in [-0.1, -0.05) is 0 Å². The smallest absolute Gasteiger partial charge is 0.248 e. The van der Waals surface area contributed by atoms with Gasteiger partial charge in [-0.15, -0.1) is 12.4 Å². The second kappa shape index (κ2) is 16.1. The monoisotopic (exact) mass is 462 g/mol. The minimum atomic E-state index is 0. The number of halogens is 1.